The van der Waals surface area contributed by atoms with Crippen LogP contribution in [0.2, 0.25) is 0 Å². The zero-order chi connectivity index (χ0) is 24.6. The second-order valence-electron chi connectivity index (χ2n) is 10.3. The van der Waals surface area contributed by atoms with E-state index in [1.54, 1.807) is 18.2 Å². The zero-order valence-electron chi connectivity index (χ0n) is 19.8. The zero-order valence-corrected chi connectivity index (χ0v) is 19.8. The number of fused-ring (bicyclic) bond motifs is 5. The Morgan fingerprint density at radius 1 is 0.912 bits per heavy atom. The van der Waals surface area contributed by atoms with Gasteiger partial charge in [-0.1, -0.05) is 60.3 Å². The second kappa shape index (κ2) is 10.3. The van der Waals surface area contributed by atoms with Gasteiger partial charge in [0.15, 0.2) is 0 Å². The fourth-order valence-corrected chi connectivity index (χ4v) is 6.16. The molecule has 186 valence electrons. The molecule has 0 unspecified atom stereocenters. The maximum Gasteiger partial charge on any atom is 0.230 e. The van der Waals surface area contributed by atoms with E-state index < -0.39 is 30.5 Å². The summed E-state index contributed by atoms with van der Waals surface area (Å²) in [6.07, 6.45) is 12.2. The van der Waals surface area contributed by atoms with Crippen molar-refractivity contribution >= 4 is 5.91 Å². The number of nitrogens with zero attached hydrogens (tertiary/aromatic N) is 1. The molecule has 0 bridgehead atoms. The van der Waals surface area contributed by atoms with Crippen molar-refractivity contribution in [3.05, 3.63) is 60.3 Å². The summed E-state index contributed by atoms with van der Waals surface area (Å²) in [5.41, 5.74) is 1.01. The van der Waals surface area contributed by atoms with Crippen LogP contribution in [0.1, 0.15) is 33.1 Å². The molecule has 5 N–H and O–H groups in total. The van der Waals surface area contributed by atoms with Gasteiger partial charge in [0.25, 0.3) is 0 Å². The largest absolute Gasteiger partial charge is 0.391 e. The number of aliphatic hydroxyl groups excluding tert-OH is 5. The summed E-state index contributed by atoms with van der Waals surface area (Å²) in [5, 5.41) is 51.8. The molecule has 2 aliphatic heterocycles. The third-order valence-electron chi connectivity index (χ3n) is 7.82. The number of amides is 1. The topological polar surface area (TPSA) is 121 Å². The van der Waals surface area contributed by atoms with Gasteiger partial charge in [-0.25, -0.2) is 0 Å². The van der Waals surface area contributed by atoms with Gasteiger partial charge in [0, 0.05) is 24.3 Å². The molecule has 2 saturated heterocycles. The van der Waals surface area contributed by atoms with Gasteiger partial charge in [-0.2, -0.15) is 0 Å². The van der Waals surface area contributed by atoms with Crippen molar-refractivity contribution in [3.8, 4) is 0 Å². The molecule has 34 heavy (non-hydrogen) atoms. The molecule has 0 radical (unpaired) electrons. The number of allylic oxidation sites excluding steroid dienone is 7. The van der Waals surface area contributed by atoms with E-state index in [2.05, 4.69) is 6.08 Å². The first kappa shape index (κ1) is 25.1. The van der Waals surface area contributed by atoms with Crippen molar-refractivity contribution in [1.29, 1.82) is 0 Å². The lowest BCUT2D eigenvalue weighted by Gasteiger charge is -2.36. The van der Waals surface area contributed by atoms with Crippen LogP contribution in [0.15, 0.2) is 60.3 Å². The highest BCUT2D eigenvalue weighted by molar-refractivity contribution is 5.85. The highest BCUT2D eigenvalue weighted by Gasteiger charge is 2.58. The SMILES string of the molecule is CC1=C/[C@H]2[C@@H]3[C@H]4[C@H](O)C[C@H](C)N4C(=O)[C@H]3C=C[C@H]2/C=C/C[C@@H](O)[C@@H](O)[C@H](O)C[C@@H](O)\C=C/C=C/1. The third-order valence-corrected chi connectivity index (χ3v) is 7.82. The van der Waals surface area contributed by atoms with E-state index in [0.29, 0.717) is 6.42 Å². The Morgan fingerprint density at radius 2 is 1.68 bits per heavy atom. The van der Waals surface area contributed by atoms with Crippen LogP contribution in [0, 0.1) is 23.7 Å². The van der Waals surface area contributed by atoms with E-state index in [1.807, 2.05) is 43.1 Å². The highest BCUT2D eigenvalue weighted by Crippen LogP contribution is 2.50. The van der Waals surface area contributed by atoms with Gasteiger partial charge >= 0.3 is 0 Å². The molecule has 0 spiro atoms. The van der Waals surface area contributed by atoms with Crippen molar-refractivity contribution in [2.24, 2.45) is 23.7 Å². The molecule has 7 heteroatoms. The summed E-state index contributed by atoms with van der Waals surface area (Å²) in [6, 6.07) is -0.217. The van der Waals surface area contributed by atoms with Gasteiger partial charge < -0.3 is 30.4 Å². The fraction of sp³-hybridized carbons (Fsp3) is 0.593. The minimum atomic E-state index is -1.38. The predicted molar refractivity (Wildman–Crippen MR) is 128 cm³/mol. The van der Waals surface area contributed by atoms with Gasteiger partial charge in [0.2, 0.25) is 5.91 Å². The van der Waals surface area contributed by atoms with Crippen molar-refractivity contribution in [1.82, 2.24) is 4.90 Å². The molecular weight excluding hydrogens is 434 g/mol. The molecule has 0 saturated carbocycles. The molecule has 0 aromatic rings. The molecule has 2 fully saturated rings. The standard InChI is InChI=1S/C27H37NO6/c1-15-6-3-4-8-18(29)14-23(32)26(33)21(30)9-5-7-17-10-11-19-24(20(17)12-15)25-22(31)13-16(2)28(25)27(19)34/h3-8,10-12,16-26,29-33H,9,13-14H2,1-2H3/b6-3+,7-5+,8-4-,15-12+/t16-,17+,18-,19-,20+,21+,22+,23+,24+,25+,26+/m0/s1. The summed E-state index contributed by atoms with van der Waals surface area (Å²) < 4.78 is 0. The minimum absolute atomic E-state index is 0.0104. The smallest absolute Gasteiger partial charge is 0.230 e. The average Bonchev–Trinajstić information content (AvgIpc) is 3.25. The number of rotatable bonds is 0. The third kappa shape index (κ3) is 4.86. The van der Waals surface area contributed by atoms with Crippen LogP contribution in [0.4, 0.5) is 0 Å². The van der Waals surface area contributed by atoms with Gasteiger partial charge in [0.05, 0.1) is 36.4 Å². The first-order valence-electron chi connectivity index (χ1n) is 12.3. The van der Waals surface area contributed by atoms with Crippen LogP contribution in [0.5, 0.6) is 0 Å². The maximum atomic E-state index is 13.2. The molecule has 4 aliphatic rings. The molecule has 0 aromatic carbocycles. The van der Waals surface area contributed by atoms with E-state index in [1.165, 1.54) is 6.08 Å². The molecule has 4 rings (SSSR count). The number of hydrogen-bond acceptors (Lipinski definition) is 6. The molecule has 11 atom stereocenters. The Labute approximate surface area is 201 Å². The summed E-state index contributed by atoms with van der Waals surface area (Å²) in [5.74, 6) is -0.335. The number of carbonyl (C=O) groups is 1. The van der Waals surface area contributed by atoms with Gasteiger partial charge in [-0.15, -0.1) is 0 Å². The molecule has 7 nitrogen and oxygen atoms in total. The van der Waals surface area contributed by atoms with Gasteiger partial charge in [0.1, 0.15) is 6.10 Å². The summed E-state index contributed by atoms with van der Waals surface area (Å²) in [7, 11) is 0. The Balaban J connectivity index is 1.69. The Bertz CT molecular complexity index is 907. The van der Waals surface area contributed by atoms with Crippen LogP contribution in [-0.4, -0.2) is 78.9 Å². The van der Waals surface area contributed by atoms with Crippen molar-refractivity contribution in [2.75, 3.05) is 0 Å². The van der Waals surface area contributed by atoms with E-state index >= 15 is 0 Å². The Kier molecular flexibility index (Phi) is 7.60. The Morgan fingerprint density at radius 3 is 2.44 bits per heavy atom. The Hall–Kier alpha value is -2.03. The molecule has 0 aromatic heterocycles. The number of hydrogen-bond donors (Lipinski definition) is 5. The summed E-state index contributed by atoms with van der Waals surface area (Å²) in [6.45, 7) is 3.98. The minimum Gasteiger partial charge on any atom is -0.391 e. The van der Waals surface area contributed by atoms with Crippen molar-refractivity contribution in [3.63, 3.8) is 0 Å². The van der Waals surface area contributed by atoms with Crippen LogP contribution in [0.25, 0.3) is 0 Å². The summed E-state index contributed by atoms with van der Waals surface area (Å²) >= 11 is 0. The van der Waals surface area contributed by atoms with E-state index in [4.69, 9.17) is 0 Å². The van der Waals surface area contributed by atoms with E-state index in [0.717, 1.165) is 5.57 Å². The predicted octanol–water partition coefficient (Wildman–Crippen LogP) is 1.24. The van der Waals surface area contributed by atoms with Crippen molar-refractivity contribution < 1.29 is 30.3 Å². The van der Waals surface area contributed by atoms with Gasteiger partial charge in [-0.3, -0.25) is 4.79 Å². The fourth-order valence-electron chi connectivity index (χ4n) is 6.16. The highest BCUT2D eigenvalue weighted by atomic mass is 16.4. The van der Waals surface area contributed by atoms with Crippen LogP contribution in [-0.2, 0) is 4.79 Å². The number of carbonyl (C=O) groups excluding carboxylic acids is 1. The second-order valence-corrected chi connectivity index (χ2v) is 10.3. The number of aliphatic hydroxyl groups is 5. The van der Waals surface area contributed by atoms with E-state index in [-0.39, 0.29) is 54.5 Å². The van der Waals surface area contributed by atoms with Crippen molar-refractivity contribution in [2.45, 2.75) is 75.7 Å². The van der Waals surface area contributed by atoms with Gasteiger partial charge in [-0.05, 0) is 32.6 Å². The van der Waals surface area contributed by atoms with Crippen LogP contribution >= 0.6 is 0 Å². The lowest BCUT2D eigenvalue weighted by Crippen LogP contribution is -2.41. The normalized spacial score (nSPS) is 49.5. The first-order chi connectivity index (χ1) is 16.2. The lowest BCUT2D eigenvalue weighted by atomic mass is 9.67. The lowest BCUT2D eigenvalue weighted by molar-refractivity contribution is -0.131. The quantitative estimate of drug-likeness (QED) is 0.339. The average molecular weight is 472 g/mol. The molecule has 2 aliphatic carbocycles. The summed E-state index contributed by atoms with van der Waals surface area (Å²) in [4.78, 5) is 15.1. The molecular formula is C27H37NO6. The monoisotopic (exact) mass is 471 g/mol. The van der Waals surface area contributed by atoms with E-state index in [9.17, 15) is 30.3 Å². The first-order valence-corrected chi connectivity index (χ1v) is 12.3. The molecule has 2 heterocycles. The molecule has 1 amide bonds. The maximum absolute atomic E-state index is 13.2. The van der Waals surface area contributed by atoms with Crippen LogP contribution in [0.3, 0.4) is 0 Å². The van der Waals surface area contributed by atoms with Crippen LogP contribution < -0.4 is 0 Å².